The van der Waals surface area contributed by atoms with Crippen molar-refractivity contribution in [2.24, 2.45) is 7.05 Å². The van der Waals surface area contributed by atoms with E-state index in [0.29, 0.717) is 5.69 Å². The number of carbonyl (C=O) groups is 2. The van der Waals surface area contributed by atoms with Gasteiger partial charge in [-0.25, -0.2) is 0 Å². The minimum absolute atomic E-state index is 0.0127. The highest BCUT2D eigenvalue weighted by molar-refractivity contribution is 5.95. The molecule has 0 spiro atoms. The van der Waals surface area contributed by atoms with Crippen LogP contribution in [0.2, 0.25) is 0 Å². The van der Waals surface area contributed by atoms with Crippen LogP contribution in [0, 0.1) is 0 Å². The molecule has 1 aliphatic carbocycles. The molecule has 24 heavy (non-hydrogen) atoms. The highest BCUT2D eigenvalue weighted by Gasteiger charge is 2.41. The van der Waals surface area contributed by atoms with Crippen LogP contribution in [0.5, 0.6) is 0 Å². The van der Waals surface area contributed by atoms with E-state index >= 15 is 0 Å². The van der Waals surface area contributed by atoms with Crippen LogP contribution >= 0.6 is 0 Å². The number of rotatable bonds is 3. The van der Waals surface area contributed by atoms with E-state index in [-0.39, 0.29) is 30.3 Å². The number of H-pyrrole nitrogens is 1. The van der Waals surface area contributed by atoms with Gasteiger partial charge in [0.15, 0.2) is 5.69 Å². The quantitative estimate of drug-likeness (QED) is 0.849. The molecule has 8 nitrogen and oxygen atoms in total. The van der Waals surface area contributed by atoms with Gasteiger partial charge in [0.25, 0.3) is 5.91 Å². The Kier molecular flexibility index (Phi) is 3.40. The number of nitrogens with one attached hydrogen (secondary N) is 2. The largest absolute Gasteiger partial charge is 0.345 e. The van der Waals surface area contributed by atoms with Crippen LogP contribution in [-0.4, -0.2) is 49.8 Å². The molecule has 0 aromatic carbocycles. The zero-order valence-corrected chi connectivity index (χ0v) is 13.7. The molecule has 4 rings (SSSR count). The fraction of sp³-hybridized carbons (Fsp3) is 0.500. The van der Waals surface area contributed by atoms with Crippen molar-refractivity contribution in [3.63, 3.8) is 0 Å². The second kappa shape index (κ2) is 5.47. The molecular weight excluding hydrogens is 308 g/mol. The standard InChI is InChI=1S/C16H20N6O2/c1-21-13(23)8-11(15(21)12-6-7-17-22(12)2)18-16(24)14-9-4-3-5-10(9)19-20-14/h6-7,11,15H,3-5,8H2,1-2H3,(H,18,24)(H,19,20)/t11-,15-/m1/s1. The van der Waals surface area contributed by atoms with Crippen molar-refractivity contribution in [1.29, 1.82) is 0 Å². The first-order chi connectivity index (χ1) is 11.6. The molecule has 1 saturated heterocycles. The van der Waals surface area contributed by atoms with Gasteiger partial charge in [0.05, 0.1) is 17.8 Å². The third-order valence-corrected chi connectivity index (χ3v) is 5.09. The van der Waals surface area contributed by atoms with Gasteiger partial charge in [-0.1, -0.05) is 0 Å². The van der Waals surface area contributed by atoms with E-state index in [1.54, 1.807) is 22.8 Å². The maximum absolute atomic E-state index is 12.7. The van der Waals surface area contributed by atoms with Crippen molar-refractivity contribution < 1.29 is 9.59 Å². The average Bonchev–Trinajstić information content (AvgIpc) is 3.27. The molecule has 2 amide bonds. The summed E-state index contributed by atoms with van der Waals surface area (Å²) in [5.74, 6) is -0.201. The Morgan fingerprint density at radius 3 is 2.96 bits per heavy atom. The lowest BCUT2D eigenvalue weighted by molar-refractivity contribution is -0.127. The van der Waals surface area contributed by atoms with Crippen LogP contribution in [0.1, 0.15) is 46.3 Å². The lowest BCUT2D eigenvalue weighted by Gasteiger charge is -2.25. The Morgan fingerprint density at radius 2 is 2.21 bits per heavy atom. The number of hydrogen-bond acceptors (Lipinski definition) is 4. The van der Waals surface area contributed by atoms with Gasteiger partial charge in [-0.15, -0.1) is 0 Å². The molecule has 1 aliphatic heterocycles. The summed E-state index contributed by atoms with van der Waals surface area (Å²) in [6, 6.07) is 1.37. The topological polar surface area (TPSA) is 95.9 Å². The van der Waals surface area contributed by atoms with Crippen LogP contribution < -0.4 is 5.32 Å². The first kappa shape index (κ1) is 14.9. The third-order valence-electron chi connectivity index (χ3n) is 5.09. The fourth-order valence-corrected chi connectivity index (χ4v) is 3.82. The van der Waals surface area contributed by atoms with E-state index in [9.17, 15) is 9.59 Å². The van der Waals surface area contributed by atoms with E-state index in [1.165, 1.54) is 0 Å². The Balaban J connectivity index is 1.59. The smallest absolute Gasteiger partial charge is 0.272 e. The third kappa shape index (κ3) is 2.21. The number of aromatic amines is 1. The minimum atomic E-state index is -0.292. The number of aryl methyl sites for hydroxylation is 2. The number of aromatic nitrogens is 4. The van der Waals surface area contributed by atoms with E-state index in [4.69, 9.17) is 0 Å². The van der Waals surface area contributed by atoms with Crippen molar-refractivity contribution in [3.8, 4) is 0 Å². The summed E-state index contributed by atoms with van der Waals surface area (Å²) in [6.45, 7) is 0. The van der Waals surface area contributed by atoms with Crippen molar-refractivity contribution in [2.45, 2.75) is 37.8 Å². The molecule has 0 radical (unpaired) electrons. The van der Waals surface area contributed by atoms with Crippen LogP contribution in [0.4, 0.5) is 0 Å². The molecule has 2 aromatic heterocycles. The molecule has 0 unspecified atom stereocenters. The monoisotopic (exact) mass is 328 g/mol. The molecule has 2 aliphatic rings. The molecule has 1 fully saturated rings. The number of likely N-dealkylation sites (tertiary alicyclic amines) is 1. The first-order valence-corrected chi connectivity index (χ1v) is 8.17. The Labute approximate surface area is 139 Å². The van der Waals surface area contributed by atoms with Crippen molar-refractivity contribution in [1.82, 2.24) is 30.2 Å². The predicted molar refractivity (Wildman–Crippen MR) is 85.2 cm³/mol. The normalized spacial score (nSPS) is 22.9. The number of hydrogen-bond donors (Lipinski definition) is 2. The predicted octanol–water partition coefficient (Wildman–Crippen LogP) is 0.334. The van der Waals surface area contributed by atoms with Gasteiger partial charge in [-0.05, 0) is 25.3 Å². The first-order valence-electron chi connectivity index (χ1n) is 8.17. The van der Waals surface area contributed by atoms with Crippen LogP contribution in [0.25, 0.3) is 0 Å². The molecule has 8 heteroatoms. The van der Waals surface area contributed by atoms with E-state index in [1.807, 2.05) is 13.1 Å². The zero-order chi connectivity index (χ0) is 16.8. The highest BCUT2D eigenvalue weighted by atomic mass is 16.2. The molecule has 0 bridgehead atoms. The number of likely N-dealkylation sites (N-methyl/N-ethyl adjacent to an activating group) is 1. The van der Waals surface area contributed by atoms with Gasteiger partial charge in [0, 0.05) is 38.0 Å². The summed E-state index contributed by atoms with van der Waals surface area (Å²) in [5, 5.41) is 14.3. The van der Waals surface area contributed by atoms with Gasteiger partial charge >= 0.3 is 0 Å². The van der Waals surface area contributed by atoms with Gasteiger partial charge < -0.3 is 10.2 Å². The molecular formula is C16H20N6O2. The molecule has 0 saturated carbocycles. The molecule has 2 N–H and O–H groups in total. The van der Waals surface area contributed by atoms with Gasteiger partial charge in [-0.2, -0.15) is 10.2 Å². The van der Waals surface area contributed by atoms with Crippen LogP contribution in [0.15, 0.2) is 12.3 Å². The van der Waals surface area contributed by atoms with Crippen molar-refractivity contribution in [2.75, 3.05) is 7.05 Å². The van der Waals surface area contributed by atoms with E-state index < -0.39 is 0 Å². The van der Waals surface area contributed by atoms with Gasteiger partial charge in [0.1, 0.15) is 0 Å². The van der Waals surface area contributed by atoms with Crippen LogP contribution in [-0.2, 0) is 24.7 Å². The number of nitrogens with zero attached hydrogens (tertiary/aromatic N) is 4. The molecule has 2 aromatic rings. The Hall–Kier alpha value is -2.64. The lowest BCUT2D eigenvalue weighted by atomic mass is 10.0. The van der Waals surface area contributed by atoms with Crippen molar-refractivity contribution >= 4 is 11.8 Å². The number of amides is 2. The van der Waals surface area contributed by atoms with E-state index in [0.717, 1.165) is 36.2 Å². The molecule has 3 heterocycles. The number of carbonyl (C=O) groups excluding carboxylic acids is 2. The summed E-state index contributed by atoms with van der Waals surface area (Å²) in [4.78, 5) is 26.5. The highest BCUT2D eigenvalue weighted by Crippen LogP contribution is 2.32. The molecule has 2 atom stereocenters. The number of fused-ring (bicyclic) bond motifs is 1. The summed E-state index contributed by atoms with van der Waals surface area (Å²) >= 11 is 0. The SMILES string of the molecule is CN1C(=O)C[C@@H](NC(=O)c2n[nH]c3c2CCC3)[C@@H]1c1ccnn1C. The summed E-state index contributed by atoms with van der Waals surface area (Å²) in [6.07, 6.45) is 4.85. The second-order valence-electron chi connectivity index (χ2n) is 6.50. The Bertz CT molecular complexity index is 807. The summed E-state index contributed by atoms with van der Waals surface area (Å²) < 4.78 is 1.74. The van der Waals surface area contributed by atoms with Crippen molar-refractivity contribution in [3.05, 3.63) is 34.9 Å². The Morgan fingerprint density at radius 1 is 1.38 bits per heavy atom. The summed E-state index contributed by atoms with van der Waals surface area (Å²) in [5.41, 5.74) is 3.44. The fourth-order valence-electron chi connectivity index (χ4n) is 3.82. The van der Waals surface area contributed by atoms with Crippen LogP contribution in [0.3, 0.4) is 0 Å². The lowest BCUT2D eigenvalue weighted by Crippen LogP contribution is -2.40. The minimum Gasteiger partial charge on any atom is -0.345 e. The van der Waals surface area contributed by atoms with Gasteiger partial charge in [-0.3, -0.25) is 19.4 Å². The maximum Gasteiger partial charge on any atom is 0.272 e. The van der Waals surface area contributed by atoms with E-state index in [2.05, 4.69) is 20.6 Å². The molecule has 126 valence electrons. The summed E-state index contributed by atoms with van der Waals surface area (Å²) in [7, 11) is 3.60. The van der Waals surface area contributed by atoms with Gasteiger partial charge in [0.2, 0.25) is 5.91 Å². The second-order valence-corrected chi connectivity index (χ2v) is 6.50. The zero-order valence-electron chi connectivity index (χ0n) is 13.7. The average molecular weight is 328 g/mol. The maximum atomic E-state index is 12.7.